The number of nitrogens with zero attached hydrogens (tertiary/aromatic N) is 2. The first kappa shape index (κ1) is 25.5. The minimum atomic E-state index is -1.07. The van der Waals surface area contributed by atoms with Crippen molar-refractivity contribution >= 4 is 29.4 Å². The van der Waals surface area contributed by atoms with Crippen molar-refractivity contribution in [3.63, 3.8) is 0 Å². The van der Waals surface area contributed by atoms with E-state index < -0.39 is 23.8 Å². The van der Waals surface area contributed by atoms with Crippen LogP contribution in [-0.4, -0.2) is 40.9 Å². The van der Waals surface area contributed by atoms with Gasteiger partial charge in [-0.1, -0.05) is 61.0 Å². The molecule has 7 nitrogen and oxygen atoms in total. The van der Waals surface area contributed by atoms with E-state index in [-0.39, 0.29) is 11.5 Å². The highest BCUT2D eigenvalue weighted by molar-refractivity contribution is 6.33. The average molecular weight is 490 g/mol. The molecule has 0 fully saturated rings. The van der Waals surface area contributed by atoms with Crippen molar-refractivity contribution in [1.82, 2.24) is 10.2 Å². The zero-order valence-corrected chi connectivity index (χ0v) is 20.0. The SMILES string of the molecule is C[C@@H](C[C@H](NC(=O)c1ccc(-c2cc(C(=O)O)ccc2Cl)cc1)C(=O)N(C)C#N)c1ccccc1. The Kier molecular flexibility index (Phi) is 8.24. The molecule has 0 aromatic heterocycles. The highest BCUT2D eigenvalue weighted by Gasteiger charge is 2.27. The quantitative estimate of drug-likeness (QED) is 0.344. The van der Waals surface area contributed by atoms with Gasteiger partial charge in [-0.25, -0.2) is 4.79 Å². The highest BCUT2D eigenvalue weighted by Crippen LogP contribution is 2.29. The van der Waals surface area contributed by atoms with E-state index in [2.05, 4.69) is 5.32 Å². The summed E-state index contributed by atoms with van der Waals surface area (Å²) in [6.07, 6.45) is 2.11. The van der Waals surface area contributed by atoms with E-state index in [0.29, 0.717) is 28.1 Å². The summed E-state index contributed by atoms with van der Waals surface area (Å²) in [6, 6.07) is 19.6. The van der Waals surface area contributed by atoms with Gasteiger partial charge in [0.25, 0.3) is 11.8 Å². The molecule has 0 bridgehead atoms. The van der Waals surface area contributed by atoms with Crippen molar-refractivity contribution in [2.45, 2.75) is 25.3 Å². The lowest BCUT2D eigenvalue weighted by Gasteiger charge is -2.23. The average Bonchev–Trinajstić information content (AvgIpc) is 2.88. The summed E-state index contributed by atoms with van der Waals surface area (Å²) >= 11 is 6.24. The topological polar surface area (TPSA) is 110 Å². The number of likely N-dealkylation sites (N-methyl/N-ethyl adjacent to an activating group) is 1. The summed E-state index contributed by atoms with van der Waals surface area (Å²) in [5, 5.41) is 21.5. The molecule has 8 heteroatoms. The van der Waals surface area contributed by atoms with Crippen LogP contribution in [0.5, 0.6) is 0 Å². The van der Waals surface area contributed by atoms with Gasteiger partial charge in [0.1, 0.15) is 6.04 Å². The maximum atomic E-state index is 13.0. The number of aromatic carboxylic acids is 1. The summed E-state index contributed by atoms with van der Waals surface area (Å²) in [5.74, 6) is -2.07. The molecule has 3 aromatic rings. The molecule has 3 aromatic carbocycles. The van der Waals surface area contributed by atoms with E-state index in [1.54, 1.807) is 30.5 Å². The summed E-state index contributed by atoms with van der Waals surface area (Å²) in [7, 11) is 1.36. The number of carbonyl (C=O) groups excluding carboxylic acids is 2. The number of benzene rings is 3. The fraction of sp³-hybridized carbons (Fsp3) is 0.185. The largest absolute Gasteiger partial charge is 0.478 e. The summed E-state index contributed by atoms with van der Waals surface area (Å²) in [6.45, 7) is 1.96. The van der Waals surface area contributed by atoms with Crippen LogP contribution in [0.25, 0.3) is 11.1 Å². The first-order chi connectivity index (χ1) is 16.7. The van der Waals surface area contributed by atoms with Crippen molar-refractivity contribution in [1.29, 1.82) is 5.26 Å². The number of halogens is 1. The molecule has 0 aliphatic rings. The van der Waals surface area contributed by atoms with Gasteiger partial charge >= 0.3 is 5.97 Å². The van der Waals surface area contributed by atoms with Crippen LogP contribution >= 0.6 is 11.6 Å². The molecule has 0 aliphatic carbocycles. The number of amides is 2. The number of nitrogens with one attached hydrogen (secondary N) is 1. The van der Waals surface area contributed by atoms with Crippen molar-refractivity contribution in [2.75, 3.05) is 7.05 Å². The Morgan fingerprint density at radius 3 is 2.26 bits per heavy atom. The van der Waals surface area contributed by atoms with Gasteiger partial charge in [-0.05, 0) is 53.8 Å². The number of carbonyl (C=O) groups is 3. The fourth-order valence-corrected chi connectivity index (χ4v) is 3.92. The lowest BCUT2D eigenvalue weighted by molar-refractivity contribution is -0.129. The van der Waals surface area contributed by atoms with Crippen molar-refractivity contribution in [3.8, 4) is 17.3 Å². The zero-order valence-electron chi connectivity index (χ0n) is 19.2. The Morgan fingerprint density at radius 2 is 1.66 bits per heavy atom. The standard InChI is InChI=1S/C27H24ClN3O4/c1-17(18-6-4-3-5-7-18)14-24(26(33)31(2)16-29)30-25(32)20-10-8-19(9-11-20)22-15-21(27(34)35)12-13-23(22)28/h3-13,15,17,24H,14H2,1-2H3,(H,30,32)(H,34,35)/t17-,24-/m0/s1. The second-order valence-corrected chi connectivity index (χ2v) is 8.56. The number of hydrogen-bond acceptors (Lipinski definition) is 4. The summed E-state index contributed by atoms with van der Waals surface area (Å²) in [5.41, 5.74) is 2.60. The number of nitriles is 1. The zero-order chi connectivity index (χ0) is 25.5. The number of rotatable bonds is 8. The molecule has 0 spiro atoms. The smallest absolute Gasteiger partial charge is 0.335 e. The Balaban J connectivity index is 1.81. The van der Waals surface area contributed by atoms with Crippen molar-refractivity contribution < 1.29 is 19.5 Å². The molecule has 178 valence electrons. The molecule has 2 atom stereocenters. The van der Waals surface area contributed by atoms with Gasteiger partial charge in [0, 0.05) is 23.2 Å². The van der Waals surface area contributed by atoms with Crippen LogP contribution < -0.4 is 5.32 Å². The molecule has 0 unspecified atom stereocenters. The molecule has 0 heterocycles. The van der Waals surface area contributed by atoms with Gasteiger partial charge in [-0.15, -0.1) is 0 Å². The normalized spacial score (nSPS) is 12.2. The molecular formula is C27H24ClN3O4. The third-order valence-corrected chi connectivity index (χ3v) is 6.04. The van der Waals surface area contributed by atoms with E-state index in [4.69, 9.17) is 16.9 Å². The molecule has 2 amide bonds. The molecule has 35 heavy (non-hydrogen) atoms. The number of carboxylic acids is 1. The Morgan fingerprint density at radius 1 is 1.03 bits per heavy atom. The summed E-state index contributed by atoms with van der Waals surface area (Å²) in [4.78, 5) is 38.0. The molecule has 3 rings (SSSR count). The van der Waals surface area contributed by atoms with E-state index in [0.717, 1.165) is 10.5 Å². The minimum absolute atomic E-state index is 0.0384. The monoisotopic (exact) mass is 489 g/mol. The fourth-order valence-electron chi connectivity index (χ4n) is 3.70. The van der Waals surface area contributed by atoms with E-state index >= 15 is 0 Å². The second kappa shape index (κ2) is 11.3. The minimum Gasteiger partial charge on any atom is -0.478 e. The third kappa shape index (κ3) is 6.25. The second-order valence-electron chi connectivity index (χ2n) is 8.15. The van der Waals surface area contributed by atoms with Crippen LogP contribution in [0.1, 0.15) is 45.5 Å². The van der Waals surface area contributed by atoms with E-state index in [1.807, 2.05) is 37.3 Å². The molecule has 2 N–H and O–H groups in total. The van der Waals surface area contributed by atoms with Gasteiger partial charge in [-0.2, -0.15) is 5.26 Å². The Bertz CT molecular complexity index is 1270. The third-order valence-electron chi connectivity index (χ3n) is 5.71. The molecule has 0 saturated carbocycles. The van der Waals surface area contributed by atoms with Crippen molar-refractivity contribution in [2.24, 2.45) is 0 Å². The first-order valence-electron chi connectivity index (χ1n) is 10.9. The van der Waals surface area contributed by atoms with Gasteiger partial charge in [0.15, 0.2) is 6.19 Å². The van der Waals surface area contributed by atoms with Crippen LogP contribution in [-0.2, 0) is 4.79 Å². The maximum absolute atomic E-state index is 13.0. The van der Waals surface area contributed by atoms with Crippen LogP contribution in [0, 0.1) is 11.5 Å². The highest BCUT2D eigenvalue weighted by atomic mass is 35.5. The predicted molar refractivity (Wildman–Crippen MR) is 133 cm³/mol. The molecular weight excluding hydrogens is 466 g/mol. The van der Waals surface area contributed by atoms with E-state index in [1.165, 1.54) is 25.2 Å². The Labute approximate surface area is 208 Å². The predicted octanol–water partition coefficient (Wildman–Crippen LogP) is 4.94. The molecule has 0 aliphatic heterocycles. The Hall–Kier alpha value is -4.15. The van der Waals surface area contributed by atoms with Gasteiger partial charge < -0.3 is 10.4 Å². The first-order valence-corrected chi connectivity index (χ1v) is 11.3. The lowest BCUT2D eigenvalue weighted by atomic mass is 9.93. The van der Waals surface area contributed by atoms with Crippen LogP contribution in [0.3, 0.4) is 0 Å². The molecule has 0 saturated heterocycles. The van der Waals surface area contributed by atoms with Gasteiger partial charge in [0.05, 0.1) is 5.56 Å². The van der Waals surface area contributed by atoms with Crippen LogP contribution in [0.4, 0.5) is 0 Å². The molecule has 0 radical (unpaired) electrons. The van der Waals surface area contributed by atoms with Gasteiger partial charge in [-0.3, -0.25) is 14.5 Å². The lowest BCUT2D eigenvalue weighted by Crippen LogP contribution is -2.46. The summed E-state index contributed by atoms with van der Waals surface area (Å²) < 4.78 is 0. The van der Waals surface area contributed by atoms with Gasteiger partial charge in [0.2, 0.25) is 0 Å². The van der Waals surface area contributed by atoms with E-state index in [9.17, 15) is 19.5 Å². The van der Waals surface area contributed by atoms with Crippen molar-refractivity contribution in [3.05, 3.63) is 94.5 Å². The van der Waals surface area contributed by atoms with Crippen LogP contribution in [0.2, 0.25) is 5.02 Å². The maximum Gasteiger partial charge on any atom is 0.335 e. The number of carboxylic acid groups (broad SMARTS) is 1. The number of hydrogen-bond donors (Lipinski definition) is 2. The van der Waals surface area contributed by atoms with Crippen LogP contribution in [0.15, 0.2) is 72.8 Å².